The molecule has 0 spiro atoms. The second-order valence-electron chi connectivity index (χ2n) is 6.84. The molecule has 6 nitrogen and oxygen atoms in total. The van der Waals surface area contributed by atoms with E-state index in [1.807, 2.05) is 0 Å². The molecular weight excluding hydrogens is 361 g/mol. The van der Waals surface area contributed by atoms with Gasteiger partial charge in [-0.1, -0.05) is 0 Å². The highest BCUT2D eigenvalue weighted by Gasteiger charge is 2.26. The summed E-state index contributed by atoms with van der Waals surface area (Å²) in [6.45, 7) is 2.87. The minimum atomic E-state index is -0.335. The zero-order chi connectivity index (χ0) is 19.9. The summed E-state index contributed by atoms with van der Waals surface area (Å²) in [6, 6.07) is 9.27. The van der Waals surface area contributed by atoms with Crippen LogP contribution in [-0.4, -0.2) is 55.4 Å². The van der Waals surface area contributed by atoms with Crippen molar-refractivity contribution in [2.75, 3.05) is 38.2 Å². The number of hydrogen-bond acceptors (Lipinski definition) is 5. The van der Waals surface area contributed by atoms with Crippen molar-refractivity contribution in [1.82, 2.24) is 9.88 Å². The molecule has 2 aromatic rings. The number of benzene rings is 1. The molecule has 1 aromatic heterocycles. The van der Waals surface area contributed by atoms with Gasteiger partial charge in [-0.05, 0) is 56.3 Å². The number of likely N-dealkylation sites (tertiary alicyclic amines) is 1. The molecule has 1 aliphatic rings. The van der Waals surface area contributed by atoms with Gasteiger partial charge >= 0.3 is 0 Å². The van der Waals surface area contributed by atoms with Gasteiger partial charge in [0.25, 0.3) is 0 Å². The monoisotopic (exact) mass is 385 g/mol. The van der Waals surface area contributed by atoms with E-state index in [0.29, 0.717) is 18.0 Å². The largest absolute Gasteiger partial charge is 0.481 e. The highest BCUT2D eigenvalue weighted by Crippen LogP contribution is 2.22. The average molecular weight is 385 g/mol. The van der Waals surface area contributed by atoms with Crippen LogP contribution >= 0.6 is 0 Å². The maximum absolute atomic E-state index is 13.0. The van der Waals surface area contributed by atoms with Crippen LogP contribution in [0.5, 0.6) is 5.88 Å². The number of piperidine rings is 1. The summed E-state index contributed by atoms with van der Waals surface area (Å²) in [5, 5.41) is 0. The number of pyridine rings is 1. The summed E-state index contributed by atoms with van der Waals surface area (Å²) in [5.41, 5.74) is 1.29. The summed E-state index contributed by atoms with van der Waals surface area (Å²) >= 11 is 0. The molecular formula is C21H24FN3O3. The Morgan fingerprint density at radius 1 is 1.25 bits per heavy atom. The lowest BCUT2D eigenvalue weighted by Gasteiger charge is -2.32. The Kier molecular flexibility index (Phi) is 6.71. The van der Waals surface area contributed by atoms with Crippen molar-refractivity contribution in [3.8, 4) is 5.88 Å². The van der Waals surface area contributed by atoms with Crippen molar-refractivity contribution in [1.29, 1.82) is 0 Å². The molecule has 0 atom stereocenters. The molecule has 0 aliphatic carbocycles. The van der Waals surface area contributed by atoms with Gasteiger partial charge in [-0.2, -0.15) is 0 Å². The molecule has 28 heavy (non-hydrogen) atoms. The number of halogens is 1. The normalized spacial score (nSPS) is 15.2. The van der Waals surface area contributed by atoms with Crippen LogP contribution in [0.1, 0.15) is 23.2 Å². The molecule has 1 aromatic carbocycles. The van der Waals surface area contributed by atoms with E-state index >= 15 is 0 Å². The quantitative estimate of drug-likeness (QED) is 0.517. The fraction of sp³-hybridized carbons (Fsp3) is 0.381. The number of ketones is 1. The van der Waals surface area contributed by atoms with Crippen molar-refractivity contribution < 1.29 is 18.7 Å². The summed E-state index contributed by atoms with van der Waals surface area (Å²) in [7, 11) is 1.55. The first-order chi connectivity index (χ1) is 13.6. The predicted molar refractivity (Wildman–Crippen MR) is 104 cm³/mol. The first-order valence-electron chi connectivity index (χ1n) is 9.35. The summed E-state index contributed by atoms with van der Waals surface area (Å²) < 4.78 is 18.1. The summed E-state index contributed by atoms with van der Waals surface area (Å²) in [6.07, 6.45) is 3.94. The number of aromatic nitrogens is 1. The van der Waals surface area contributed by atoms with Crippen LogP contribution in [0, 0.1) is 11.7 Å². The topological polar surface area (TPSA) is 62.7 Å². The highest BCUT2D eigenvalue weighted by atomic mass is 19.1. The first kappa shape index (κ1) is 19.9. The molecule has 1 aliphatic heterocycles. The van der Waals surface area contributed by atoms with E-state index in [4.69, 9.17) is 4.74 Å². The van der Waals surface area contributed by atoms with Crippen LogP contribution < -0.4 is 9.64 Å². The van der Waals surface area contributed by atoms with Crippen LogP contribution in [0.2, 0.25) is 0 Å². The van der Waals surface area contributed by atoms with E-state index in [1.54, 1.807) is 42.5 Å². The van der Waals surface area contributed by atoms with Gasteiger partial charge in [-0.15, -0.1) is 0 Å². The van der Waals surface area contributed by atoms with Gasteiger partial charge in [0.2, 0.25) is 12.3 Å². The van der Waals surface area contributed by atoms with E-state index < -0.39 is 0 Å². The molecule has 0 saturated carbocycles. The lowest BCUT2D eigenvalue weighted by Crippen LogP contribution is -2.41. The van der Waals surface area contributed by atoms with E-state index in [1.165, 1.54) is 12.1 Å². The highest BCUT2D eigenvalue weighted by molar-refractivity contribution is 5.97. The molecule has 3 rings (SSSR count). The van der Waals surface area contributed by atoms with Crippen molar-refractivity contribution >= 4 is 17.9 Å². The molecule has 7 heteroatoms. The number of methoxy groups -OCH3 is 1. The minimum Gasteiger partial charge on any atom is -0.481 e. The van der Waals surface area contributed by atoms with Crippen molar-refractivity contribution in [2.45, 2.75) is 12.8 Å². The third-order valence-corrected chi connectivity index (χ3v) is 5.13. The molecule has 0 unspecified atom stereocenters. The smallest absolute Gasteiger partial charge is 0.214 e. The maximum atomic E-state index is 13.0. The first-order valence-corrected chi connectivity index (χ1v) is 9.35. The zero-order valence-electron chi connectivity index (χ0n) is 15.9. The standard InChI is InChI=1S/C21H24FN3O3/c1-28-20-7-6-19(14-23-20)25(15-26)13-12-24-10-8-17(9-11-24)21(27)16-2-4-18(22)5-3-16/h2-7,14-15,17H,8-13H2,1H3. The second kappa shape index (κ2) is 9.41. The molecule has 2 heterocycles. The van der Waals surface area contributed by atoms with Gasteiger partial charge in [0, 0.05) is 30.6 Å². The molecule has 148 valence electrons. The number of Topliss-reactive ketones (excluding diaryl/α,β-unsaturated/α-hetero) is 1. The summed E-state index contributed by atoms with van der Waals surface area (Å²) in [4.78, 5) is 32.0. The van der Waals surface area contributed by atoms with Gasteiger partial charge in [-0.3, -0.25) is 9.59 Å². The van der Waals surface area contributed by atoms with Gasteiger partial charge in [0.05, 0.1) is 19.0 Å². The minimum absolute atomic E-state index is 0.0327. The lowest BCUT2D eigenvalue weighted by atomic mass is 9.89. The fourth-order valence-electron chi connectivity index (χ4n) is 3.42. The van der Waals surface area contributed by atoms with Crippen LogP contribution in [0.3, 0.4) is 0 Å². The Morgan fingerprint density at radius 3 is 2.54 bits per heavy atom. The van der Waals surface area contributed by atoms with E-state index in [9.17, 15) is 14.0 Å². The van der Waals surface area contributed by atoms with Crippen LogP contribution in [0.25, 0.3) is 0 Å². The predicted octanol–water partition coefficient (Wildman–Crippen LogP) is 2.79. The molecule has 0 N–H and O–H groups in total. The van der Waals surface area contributed by atoms with Gasteiger partial charge < -0.3 is 14.5 Å². The number of carbonyl (C=O) groups is 2. The number of carbonyl (C=O) groups excluding carboxylic acids is 2. The third-order valence-electron chi connectivity index (χ3n) is 5.13. The molecule has 0 radical (unpaired) electrons. The number of anilines is 1. The van der Waals surface area contributed by atoms with Crippen LogP contribution in [-0.2, 0) is 4.79 Å². The van der Waals surface area contributed by atoms with Gasteiger partial charge in [0.15, 0.2) is 5.78 Å². The van der Waals surface area contributed by atoms with Crippen LogP contribution in [0.15, 0.2) is 42.6 Å². The molecule has 1 amide bonds. The molecule has 0 bridgehead atoms. The van der Waals surface area contributed by atoms with Gasteiger partial charge in [0.1, 0.15) is 5.82 Å². The van der Waals surface area contributed by atoms with Crippen molar-refractivity contribution in [3.05, 3.63) is 54.0 Å². The van der Waals surface area contributed by atoms with E-state index in [2.05, 4.69) is 9.88 Å². The van der Waals surface area contributed by atoms with Gasteiger partial charge in [-0.25, -0.2) is 9.37 Å². The van der Waals surface area contributed by atoms with E-state index in [-0.39, 0.29) is 17.5 Å². The third kappa shape index (κ3) is 4.92. The lowest BCUT2D eigenvalue weighted by molar-refractivity contribution is -0.107. The molecule has 1 saturated heterocycles. The van der Waals surface area contributed by atoms with Crippen molar-refractivity contribution in [2.24, 2.45) is 5.92 Å². The average Bonchev–Trinajstić information content (AvgIpc) is 2.75. The Hall–Kier alpha value is -2.80. The zero-order valence-corrected chi connectivity index (χ0v) is 15.9. The number of ether oxygens (including phenoxy) is 1. The summed E-state index contributed by atoms with van der Waals surface area (Å²) in [5.74, 6) is 0.216. The fourth-order valence-corrected chi connectivity index (χ4v) is 3.42. The molecule has 1 fully saturated rings. The number of hydrogen-bond donors (Lipinski definition) is 0. The Bertz CT molecular complexity index is 788. The van der Waals surface area contributed by atoms with Crippen LogP contribution in [0.4, 0.5) is 10.1 Å². The number of rotatable bonds is 8. The van der Waals surface area contributed by atoms with E-state index in [0.717, 1.165) is 44.6 Å². The maximum Gasteiger partial charge on any atom is 0.214 e. The Balaban J connectivity index is 1.48. The number of nitrogens with zero attached hydrogens (tertiary/aromatic N) is 3. The Labute approximate surface area is 163 Å². The second-order valence-corrected chi connectivity index (χ2v) is 6.84. The van der Waals surface area contributed by atoms with Crippen molar-refractivity contribution in [3.63, 3.8) is 0 Å². The Morgan fingerprint density at radius 2 is 1.96 bits per heavy atom. The number of amides is 1. The SMILES string of the molecule is COc1ccc(N(C=O)CCN2CCC(C(=O)c3ccc(F)cc3)CC2)cn1.